The number of anilines is 4. The molecule has 0 saturated heterocycles. The van der Waals surface area contributed by atoms with Gasteiger partial charge >= 0.3 is 6.36 Å². The van der Waals surface area contributed by atoms with E-state index in [2.05, 4.69) is 24.6 Å². The van der Waals surface area contributed by atoms with Crippen molar-refractivity contribution in [3.05, 3.63) is 71.9 Å². The molecule has 2 aromatic heterocycles. The normalized spacial score (nSPS) is 11.9. The van der Waals surface area contributed by atoms with E-state index >= 15 is 0 Å². The van der Waals surface area contributed by atoms with Crippen molar-refractivity contribution in [3.63, 3.8) is 0 Å². The molecule has 4 rings (SSSR count). The van der Waals surface area contributed by atoms with Crippen LogP contribution in [0.2, 0.25) is 0 Å². The van der Waals surface area contributed by atoms with E-state index in [-0.39, 0.29) is 10.8 Å². The molecule has 0 aliphatic carbocycles. The fourth-order valence-electron chi connectivity index (χ4n) is 3.07. The summed E-state index contributed by atoms with van der Waals surface area (Å²) < 4.78 is 71.5. The van der Waals surface area contributed by atoms with Crippen LogP contribution in [0.4, 0.5) is 35.5 Å². The lowest BCUT2D eigenvalue weighted by atomic mass is 10.2. The molecular formula is C20H16F3N5O3S2. The van der Waals surface area contributed by atoms with Gasteiger partial charge in [0.1, 0.15) is 10.7 Å². The molecule has 0 bridgehead atoms. The summed E-state index contributed by atoms with van der Waals surface area (Å²) in [4.78, 5) is 4.71. The van der Waals surface area contributed by atoms with Crippen LogP contribution in [0.3, 0.4) is 0 Å². The highest BCUT2D eigenvalue weighted by atomic mass is 32.2. The average Bonchev–Trinajstić information content (AvgIpc) is 3.41. The van der Waals surface area contributed by atoms with E-state index in [1.807, 2.05) is 19.1 Å². The van der Waals surface area contributed by atoms with E-state index in [4.69, 9.17) is 0 Å². The molecule has 2 heterocycles. The number of thiazole rings is 1. The Morgan fingerprint density at radius 1 is 1.09 bits per heavy atom. The second-order valence-electron chi connectivity index (χ2n) is 6.74. The molecule has 0 aliphatic rings. The van der Waals surface area contributed by atoms with E-state index < -0.39 is 27.0 Å². The van der Waals surface area contributed by atoms with Crippen LogP contribution >= 0.6 is 11.3 Å². The molecule has 2 N–H and O–H groups in total. The van der Waals surface area contributed by atoms with Gasteiger partial charge < -0.3 is 4.74 Å². The van der Waals surface area contributed by atoms with E-state index in [0.29, 0.717) is 11.5 Å². The first-order chi connectivity index (χ1) is 15.6. The predicted octanol–water partition coefficient (Wildman–Crippen LogP) is 5.34. The Hall–Kier alpha value is -3.58. The summed E-state index contributed by atoms with van der Waals surface area (Å²) in [5.41, 5.74) is 1.75. The molecule has 0 spiro atoms. The highest BCUT2D eigenvalue weighted by molar-refractivity contribution is 7.93. The Bertz CT molecular complexity index is 1340. The largest absolute Gasteiger partial charge is 0.573 e. The third-order valence-corrected chi connectivity index (χ3v) is 6.54. The molecule has 0 atom stereocenters. The number of nitrogens with one attached hydrogen (secondary N) is 2. The number of ether oxygens (including phenoxy) is 1. The summed E-state index contributed by atoms with van der Waals surface area (Å²) in [7, 11) is -4.42. The number of alkyl halides is 3. The number of halogens is 3. The van der Waals surface area contributed by atoms with Gasteiger partial charge in [-0.05, 0) is 36.8 Å². The number of hydrogen-bond donors (Lipinski definition) is 2. The number of benzene rings is 2. The van der Waals surface area contributed by atoms with Gasteiger partial charge in [0.05, 0.1) is 11.9 Å². The minimum atomic E-state index is -5.12. The fraction of sp³-hybridized carbons (Fsp3) is 0.100. The van der Waals surface area contributed by atoms with Gasteiger partial charge in [-0.25, -0.2) is 13.4 Å². The fourth-order valence-corrected chi connectivity index (χ4v) is 4.97. The minimum absolute atomic E-state index is 0.0101. The Morgan fingerprint density at radius 3 is 2.52 bits per heavy atom. The lowest BCUT2D eigenvalue weighted by molar-refractivity contribution is -0.275. The molecule has 4 aromatic rings. The first-order valence-electron chi connectivity index (χ1n) is 9.31. The van der Waals surface area contributed by atoms with Gasteiger partial charge in [-0.15, -0.1) is 24.5 Å². The topological polar surface area (TPSA) is 100 Å². The lowest BCUT2D eigenvalue weighted by Gasteiger charge is -2.25. The molecule has 172 valence electrons. The molecule has 0 fully saturated rings. The van der Waals surface area contributed by atoms with Gasteiger partial charge in [-0.1, -0.05) is 12.1 Å². The zero-order valence-corrected chi connectivity index (χ0v) is 18.5. The summed E-state index contributed by atoms with van der Waals surface area (Å²) in [6, 6.07) is 12.3. The number of aryl methyl sites for hydroxylation is 1. The van der Waals surface area contributed by atoms with Crippen molar-refractivity contribution >= 4 is 43.7 Å². The SMILES string of the molecule is Cc1cccc(N(c2ccc(S(=O)(=O)Nc3nccs3)c(OC(F)(F)F)c2)c2ccn[nH]2)c1. The standard InChI is InChI=1S/C20H16F3N5O3S2/c1-13-3-2-4-14(11-13)28(18-7-8-25-26-18)15-5-6-17(16(12-15)31-20(21,22)23)33(29,30)27-19-24-9-10-32-19/h2-12H,1H3,(H,24,27)(H,25,26). The second kappa shape index (κ2) is 8.75. The van der Waals surface area contributed by atoms with E-state index in [0.717, 1.165) is 29.0 Å². The van der Waals surface area contributed by atoms with Crippen molar-refractivity contribution in [2.45, 2.75) is 18.2 Å². The summed E-state index contributed by atoms with van der Waals surface area (Å²) in [6.07, 6.45) is -2.27. The van der Waals surface area contributed by atoms with Gasteiger partial charge in [0.25, 0.3) is 10.0 Å². The Kier molecular flexibility index (Phi) is 5.99. The molecule has 33 heavy (non-hydrogen) atoms. The average molecular weight is 496 g/mol. The van der Waals surface area contributed by atoms with Crippen LogP contribution < -0.4 is 14.4 Å². The number of aromatic nitrogens is 3. The van der Waals surface area contributed by atoms with Crippen molar-refractivity contribution in [2.24, 2.45) is 0 Å². The number of rotatable bonds is 7. The van der Waals surface area contributed by atoms with Gasteiger partial charge in [0.15, 0.2) is 10.9 Å². The molecular weight excluding hydrogens is 479 g/mol. The maximum absolute atomic E-state index is 13.2. The first-order valence-corrected chi connectivity index (χ1v) is 11.7. The second-order valence-corrected chi connectivity index (χ2v) is 9.28. The monoisotopic (exact) mass is 495 g/mol. The third kappa shape index (κ3) is 5.26. The maximum Gasteiger partial charge on any atom is 0.573 e. The van der Waals surface area contributed by atoms with Crippen LogP contribution in [-0.2, 0) is 10.0 Å². The van der Waals surface area contributed by atoms with Crippen molar-refractivity contribution < 1.29 is 26.3 Å². The maximum atomic E-state index is 13.2. The number of H-pyrrole nitrogens is 1. The molecule has 2 aromatic carbocycles. The molecule has 0 radical (unpaired) electrons. The van der Waals surface area contributed by atoms with Gasteiger partial charge in [0, 0.05) is 29.4 Å². The van der Waals surface area contributed by atoms with E-state index in [1.165, 1.54) is 23.8 Å². The summed E-state index contributed by atoms with van der Waals surface area (Å²) in [6.45, 7) is 1.87. The zero-order chi connectivity index (χ0) is 23.6. The minimum Gasteiger partial charge on any atom is -0.404 e. The smallest absolute Gasteiger partial charge is 0.404 e. The van der Waals surface area contributed by atoms with Crippen molar-refractivity contribution in [3.8, 4) is 5.75 Å². The zero-order valence-electron chi connectivity index (χ0n) is 16.9. The summed E-state index contributed by atoms with van der Waals surface area (Å²) >= 11 is 0.985. The van der Waals surface area contributed by atoms with Crippen molar-refractivity contribution in [1.29, 1.82) is 0 Å². The van der Waals surface area contributed by atoms with Crippen LogP contribution in [0.5, 0.6) is 5.75 Å². The van der Waals surface area contributed by atoms with Crippen molar-refractivity contribution in [2.75, 3.05) is 9.62 Å². The summed E-state index contributed by atoms with van der Waals surface area (Å²) in [5.74, 6) is -0.434. The molecule has 0 aliphatic heterocycles. The Morgan fingerprint density at radius 2 is 1.88 bits per heavy atom. The number of aromatic amines is 1. The van der Waals surface area contributed by atoms with Crippen LogP contribution in [0.15, 0.2) is 71.2 Å². The number of hydrogen-bond acceptors (Lipinski definition) is 7. The number of nitrogens with zero attached hydrogens (tertiary/aromatic N) is 3. The van der Waals surface area contributed by atoms with Crippen LogP contribution in [0.1, 0.15) is 5.56 Å². The molecule has 13 heteroatoms. The van der Waals surface area contributed by atoms with E-state index in [9.17, 15) is 21.6 Å². The highest BCUT2D eigenvalue weighted by Gasteiger charge is 2.35. The Labute approximate surface area is 190 Å². The van der Waals surface area contributed by atoms with Crippen LogP contribution in [0.25, 0.3) is 0 Å². The van der Waals surface area contributed by atoms with E-state index in [1.54, 1.807) is 23.1 Å². The van der Waals surface area contributed by atoms with Crippen molar-refractivity contribution in [1.82, 2.24) is 15.2 Å². The highest BCUT2D eigenvalue weighted by Crippen LogP contribution is 2.39. The molecule has 0 unspecified atom stereocenters. The quantitative estimate of drug-likeness (QED) is 0.359. The predicted molar refractivity (Wildman–Crippen MR) is 118 cm³/mol. The summed E-state index contributed by atoms with van der Waals surface area (Å²) in [5, 5.41) is 8.21. The van der Waals surface area contributed by atoms with Crippen LogP contribution in [0, 0.1) is 6.92 Å². The first kappa shape index (κ1) is 22.6. The van der Waals surface area contributed by atoms with Gasteiger partial charge in [0.2, 0.25) is 0 Å². The van der Waals surface area contributed by atoms with Crippen LogP contribution in [-0.4, -0.2) is 30.0 Å². The third-order valence-electron chi connectivity index (χ3n) is 4.34. The molecule has 8 nitrogen and oxygen atoms in total. The molecule has 0 saturated carbocycles. The Balaban J connectivity index is 1.84. The molecule has 0 amide bonds. The lowest BCUT2D eigenvalue weighted by Crippen LogP contribution is -2.21. The van der Waals surface area contributed by atoms with Gasteiger partial charge in [-0.3, -0.25) is 14.7 Å². The number of sulfonamides is 1. The van der Waals surface area contributed by atoms with Gasteiger partial charge in [-0.2, -0.15) is 5.10 Å².